The number of carbonyl (C=O) groups is 2. The standard InChI is InChI=1S/C28H25ClN2O3S2/c1-28(2,3)21-10-4-19(5-11-21)17-34-23-14-6-18(7-15-23)16-24-26(33)31(27(35)36-24)30-25(32)20-8-12-22(29)13-9-20/h4-16H,17H2,1-3H3,(H,30,32)/b24-16+. The lowest BCUT2D eigenvalue weighted by molar-refractivity contribution is -0.123. The van der Waals surface area contributed by atoms with Gasteiger partial charge in [0.2, 0.25) is 0 Å². The number of carbonyl (C=O) groups excluding carboxylic acids is 2. The summed E-state index contributed by atoms with van der Waals surface area (Å²) < 4.78 is 6.17. The maximum atomic E-state index is 12.8. The van der Waals surface area contributed by atoms with Gasteiger partial charge in [0.25, 0.3) is 11.8 Å². The summed E-state index contributed by atoms with van der Waals surface area (Å²) in [5.74, 6) is -0.0973. The van der Waals surface area contributed by atoms with Crippen LogP contribution in [-0.2, 0) is 16.8 Å². The highest BCUT2D eigenvalue weighted by atomic mass is 35.5. The highest BCUT2D eigenvalue weighted by Gasteiger charge is 2.33. The average Bonchev–Trinajstić information content (AvgIpc) is 3.11. The number of thiocarbonyl (C=S) groups is 1. The van der Waals surface area contributed by atoms with Gasteiger partial charge >= 0.3 is 0 Å². The fourth-order valence-electron chi connectivity index (χ4n) is 3.41. The normalized spacial score (nSPS) is 14.9. The summed E-state index contributed by atoms with van der Waals surface area (Å²) in [4.78, 5) is 25.7. The van der Waals surface area contributed by atoms with Gasteiger partial charge in [0.15, 0.2) is 4.32 Å². The van der Waals surface area contributed by atoms with E-state index in [4.69, 9.17) is 28.6 Å². The molecule has 5 nitrogen and oxygen atoms in total. The number of nitrogens with zero attached hydrogens (tertiary/aromatic N) is 1. The van der Waals surface area contributed by atoms with Gasteiger partial charge < -0.3 is 4.74 Å². The zero-order valence-electron chi connectivity index (χ0n) is 20.1. The molecule has 4 rings (SSSR count). The van der Waals surface area contributed by atoms with Crippen LogP contribution in [0, 0.1) is 0 Å². The van der Waals surface area contributed by atoms with Gasteiger partial charge in [-0.05, 0) is 76.8 Å². The minimum atomic E-state index is -0.446. The van der Waals surface area contributed by atoms with Gasteiger partial charge in [-0.3, -0.25) is 15.0 Å². The second-order valence-corrected chi connectivity index (χ2v) is 11.4. The van der Waals surface area contributed by atoms with E-state index in [-0.39, 0.29) is 15.6 Å². The Morgan fingerprint density at radius 3 is 2.28 bits per heavy atom. The van der Waals surface area contributed by atoms with Crippen LogP contribution in [0.4, 0.5) is 0 Å². The number of nitrogens with one attached hydrogen (secondary N) is 1. The van der Waals surface area contributed by atoms with Crippen LogP contribution in [-0.4, -0.2) is 21.1 Å². The summed E-state index contributed by atoms with van der Waals surface area (Å²) in [5.41, 5.74) is 6.25. The number of ether oxygens (including phenoxy) is 1. The lowest BCUT2D eigenvalue weighted by Crippen LogP contribution is -2.44. The second kappa shape index (κ2) is 10.9. The van der Waals surface area contributed by atoms with Crippen LogP contribution in [0.2, 0.25) is 5.02 Å². The number of hydrogen-bond donors (Lipinski definition) is 1. The molecule has 0 unspecified atom stereocenters. The van der Waals surface area contributed by atoms with Crippen molar-refractivity contribution in [2.24, 2.45) is 0 Å². The summed E-state index contributed by atoms with van der Waals surface area (Å²) >= 11 is 12.3. The summed E-state index contributed by atoms with van der Waals surface area (Å²) in [6.45, 7) is 7.04. The molecule has 0 radical (unpaired) electrons. The Kier molecular flexibility index (Phi) is 7.83. The first-order chi connectivity index (χ1) is 17.1. The predicted octanol–water partition coefficient (Wildman–Crippen LogP) is 6.76. The quantitative estimate of drug-likeness (QED) is 0.278. The molecule has 1 saturated heterocycles. The summed E-state index contributed by atoms with van der Waals surface area (Å²) in [6.07, 6.45) is 1.74. The van der Waals surface area contributed by atoms with Crippen molar-refractivity contribution in [2.75, 3.05) is 0 Å². The van der Waals surface area contributed by atoms with E-state index in [9.17, 15) is 9.59 Å². The summed E-state index contributed by atoms with van der Waals surface area (Å²) in [5, 5.41) is 1.61. The van der Waals surface area contributed by atoms with E-state index in [0.29, 0.717) is 22.1 Å². The van der Waals surface area contributed by atoms with Crippen LogP contribution in [0.1, 0.15) is 47.8 Å². The van der Waals surface area contributed by atoms with E-state index < -0.39 is 5.91 Å². The molecular weight excluding hydrogens is 512 g/mol. The highest BCUT2D eigenvalue weighted by molar-refractivity contribution is 8.26. The Morgan fingerprint density at radius 1 is 1.03 bits per heavy atom. The van der Waals surface area contributed by atoms with Gasteiger partial charge in [-0.15, -0.1) is 0 Å². The molecule has 0 spiro atoms. The van der Waals surface area contributed by atoms with Crippen molar-refractivity contribution in [1.29, 1.82) is 0 Å². The molecular formula is C28H25ClN2O3S2. The zero-order chi connectivity index (χ0) is 25.9. The second-order valence-electron chi connectivity index (χ2n) is 9.27. The van der Waals surface area contributed by atoms with Crippen LogP contribution in [0.25, 0.3) is 6.08 Å². The number of amides is 2. The molecule has 0 bridgehead atoms. The molecule has 0 aliphatic carbocycles. The molecule has 2 amide bonds. The van der Waals surface area contributed by atoms with Gasteiger partial charge in [-0.2, -0.15) is 5.01 Å². The first kappa shape index (κ1) is 25.9. The third-order valence-electron chi connectivity index (χ3n) is 5.52. The molecule has 0 saturated carbocycles. The fraction of sp³-hybridized carbons (Fsp3) is 0.179. The Balaban J connectivity index is 1.36. The van der Waals surface area contributed by atoms with E-state index in [1.165, 1.54) is 5.56 Å². The maximum Gasteiger partial charge on any atom is 0.285 e. The van der Waals surface area contributed by atoms with E-state index in [0.717, 1.165) is 33.6 Å². The number of hydrogen-bond acceptors (Lipinski definition) is 5. The molecule has 1 fully saturated rings. The molecule has 0 aromatic heterocycles. The Bertz CT molecular complexity index is 1310. The van der Waals surface area contributed by atoms with Crippen LogP contribution in [0.5, 0.6) is 5.75 Å². The third kappa shape index (κ3) is 6.35. The monoisotopic (exact) mass is 536 g/mol. The molecule has 1 N–H and O–H groups in total. The van der Waals surface area contributed by atoms with Crippen LogP contribution in [0.15, 0.2) is 77.7 Å². The number of benzene rings is 3. The lowest BCUT2D eigenvalue weighted by atomic mass is 9.87. The average molecular weight is 537 g/mol. The van der Waals surface area contributed by atoms with Crippen molar-refractivity contribution in [3.8, 4) is 5.75 Å². The first-order valence-electron chi connectivity index (χ1n) is 11.3. The van der Waals surface area contributed by atoms with Crippen molar-refractivity contribution >= 4 is 57.8 Å². The summed E-state index contributed by atoms with van der Waals surface area (Å²) in [7, 11) is 0. The first-order valence-corrected chi connectivity index (χ1v) is 12.9. The molecule has 1 aliphatic rings. The molecule has 1 aliphatic heterocycles. The number of rotatable bonds is 6. The largest absolute Gasteiger partial charge is 0.489 e. The van der Waals surface area contributed by atoms with Crippen LogP contribution < -0.4 is 10.2 Å². The minimum Gasteiger partial charge on any atom is -0.489 e. The van der Waals surface area contributed by atoms with Crippen molar-refractivity contribution in [1.82, 2.24) is 10.4 Å². The van der Waals surface area contributed by atoms with Crippen molar-refractivity contribution in [3.05, 3.63) is 105 Å². The highest BCUT2D eigenvalue weighted by Crippen LogP contribution is 2.32. The number of thioether (sulfide) groups is 1. The topological polar surface area (TPSA) is 58.6 Å². The van der Waals surface area contributed by atoms with Gasteiger partial charge in [0, 0.05) is 10.6 Å². The van der Waals surface area contributed by atoms with Crippen molar-refractivity contribution in [3.63, 3.8) is 0 Å². The Morgan fingerprint density at radius 2 is 1.67 bits per heavy atom. The minimum absolute atomic E-state index is 0.117. The predicted molar refractivity (Wildman–Crippen MR) is 150 cm³/mol. The number of hydrazine groups is 1. The summed E-state index contributed by atoms with van der Waals surface area (Å²) in [6, 6.07) is 22.3. The molecule has 36 heavy (non-hydrogen) atoms. The molecule has 184 valence electrons. The van der Waals surface area contributed by atoms with E-state index in [1.807, 2.05) is 24.3 Å². The maximum absolute atomic E-state index is 12.8. The van der Waals surface area contributed by atoms with Crippen LogP contribution >= 0.6 is 35.6 Å². The molecule has 3 aromatic rings. The number of halogens is 1. The fourth-order valence-corrected chi connectivity index (χ4v) is 4.72. The Labute approximate surface area is 225 Å². The van der Waals surface area contributed by atoms with E-state index in [2.05, 4.69) is 50.5 Å². The van der Waals surface area contributed by atoms with Crippen molar-refractivity contribution in [2.45, 2.75) is 32.8 Å². The van der Waals surface area contributed by atoms with Crippen molar-refractivity contribution < 1.29 is 14.3 Å². The SMILES string of the molecule is CC(C)(C)c1ccc(COc2ccc(/C=C3/SC(=S)N(NC(=O)c4ccc(Cl)cc4)C3=O)cc2)cc1. The zero-order valence-corrected chi connectivity index (χ0v) is 22.5. The molecule has 3 aromatic carbocycles. The van der Waals surface area contributed by atoms with Gasteiger partial charge in [-0.25, -0.2) is 0 Å². The van der Waals surface area contributed by atoms with E-state index >= 15 is 0 Å². The van der Waals surface area contributed by atoms with Gasteiger partial charge in [-0.1, -0.05) is 80.5 Å². The molecule has 0 atom stereocenters. The van der Waals surface area contributed by atoms with Gasteiger partial charge in [0.05, 0.1) is 4.91 Å². The van der Waals surface area contributed by atoms with Crippen LogP contribution in [0.3, 0.4) is 0 Å². The third-order valence-corrected chi connectivity index (χ3v) is 7.07. The van der Waals surface area contributed by atoms with Gasteiger partial charge in [0.1, 0.15) is 12.4 Å². The molecule has 8 heteroatoms. The lowest BCUT2D eigenvalue weighted by Gasteiger charge is -2.19. The smallest absolute Gasteiger partial charge is 0.285 e. The van der Waals surface area contributed by atoms with E-state index in [1.54, 1.807) is 30.3 Å². The molecule has 1 heterocycles. The Hall–Kier alpha value is -3.13.